The third-order valence-electron chi connectivity index (χ3n) is 3.52. The summed E-state index contributed by atoms with van der Waals surface area (Å²) in [4.78, 5) is 13.0. The molecule has 1 saturated carbocycles. The van der Waals surface area contributed by atoms with E-state index in [9.17, 15) is 4.79 Å². The van der Waals surface area contributed by atoms with Gasteiger partial charge in [0.25, 0.3) is 0 Å². The lowest BCUT2D eigenvalue weighted by Crippen LogP contribution is -2.46. The smallest absolute Gasteiger partial charge is 0.141 e. The maximum Gasteiger partial charge on any atom is 0.141 e. The van der Waals surface area contributed by atoms with E-state index in [1.807, 2.05) is 11.8 Å². The first-order valence-electron chi connectivity index (χ1n) is 5.48. The van der Waals surface area contributed by atoms with E-state index >= 15 is 0 Å². The average Bonchev–Trinajstić information content (AvgIpc) is 2.57. The van der Waals surface area contributed by atoms with E-state index in [1.54, 1.807) is 0 Å². The number of hydrogen-bond donors (Lipinski definition) is 1. The number of fused-ring (bicyclic) bond motifs is 2. The van der Waals surface area contributed by atoms with E-state index in [2.05, 4.69) is 11.4 Å². The number of hydrogen-bond acceptors (Lipinski definition) is 3. The molecule has 2 heterocycles. The van der Waals surface area contributed by atoms with Gasteiger partial charge in [-0.2, -0.15) is 0 Å². The molecule has 0 bridgehead atoms. The first-order chi connectivity index (χ1) is 6.84. The zero-order chi connectivity index (χ0) is 9.54. The van der Waals surface area contributed by atoms with Crippen LogP contribution >= 0.6 is 11.8 Å². The van der Waals surface area contributed by atoms with Crippen molar-refractivity contribution in [2.75, 3.05) is 5.75 Å². The molecule has 1 aliphatic carbocycles. The van der Waals surface area contributed by atoms with Gasteiger partial charge in [0.2, 0.25) is 0 Å². The first-order valence-corrected chi connectivity index (χ1v) is 6.46. The van der Waals surface area contributed by atoms with Crippen LogP contribution in [-0.2, 0) is 4.79 Å². The van der Waals surface area contributed by atoms with Crippen molar-refractivity contribution in [2.45, 2.75) is 37.8 Å². The van der Waals surface area contributed by atoms with Crippen molar-refractivity contribution >= 4 is 17.5 Å². The van der Waals surface area contributed by atoms with Gasteiger partial charge in [0, 0.05) is 18.5 Å². The molecule has 14 heavy (non-hydrogen) atoms. The van der Waals surface area contributed by atoms with Gasteiger partial charge < -0.3 is 5.32 Å². The van der Waals surface area contributed by atoms with Gasteiger partial charge in [-0.15, -0.1) is 11.8 Å². The van der Waals surface area contributed by atoms with Crippen molar-refractivity contribution in [3.8, 4) is 0 Å². The van der Waals surface area contributed by atoms with Crippen LogP contribution in [0.5, 0.6) is 0 Å². The molecule has 0 aromatic rings. The summed E-state index contributed by atoms with van der Waals surface area (Å²) in [7, 11) is 0. The van der Waals surface area contributed by atoms with Crippen LogP contribution in [0.15, 0.2) is 11.0 Å². The van der Waals surface area contributed by atoms with Crippen molar-refractivity contribution in [1.82, 2.24) is 5.32 Å². The molecule has 2 nitrogen and oxygen atoms in total. The van der Waals surface area contributed by atoms with Crippen molar-refractivity contribution < 1.29 is 4.79 Å². The molecule has 2 aliphatic heterocycles. The van der Waals surface area contributed by atoms with Crippen LogP contribution in [0.2, 0.25) is 0 Å². The summed E-state index contributed by atoms with van der Waals surface area (Å²) < 4.78 is 0. The number of ketones is 1. The Morgan fingerprint density at radius 2 is 2.36 bits per heavy atom. The summed E-state index contributed by atoms with van der Waals surface area (Å²) >= 11 is 1.94. The molecule has 2 fully saturated rings. The lowest BCUT2D eigenvalue weighted by Gasteiger charge is -2.35. The van der Waals surface area contributed by atoms with Crippen LogP contribution < -0.4 is 5.32 Å². The molecule has 0 spiro atoms. The number of carbonyl (C=O) groups excluding carboxylic acids is 1. The van der Waals surface area contributed by atoms with Crippen LogP contribution in [0.4, 0.5) is 0 Å². The zero-order valence-electron chi connectivity index (χ0n) is 8.16. The summed E-state index contributed by atoms with van der Waals surface area (Å²) in [5.41, 5.74) is 0. The van der Waals surface area contributed by atoms with Crippen LogP contribution in [0.3, 0.4) is 0 Å². The molecule has 3 aliphatic rings. The summed E-state index contributed by atoms with van der Waals surface area (Å²) in [5, 5.41) is 3.64. The minimum Gasteiger partial charge on any atom is -0.306 e. The molecule has 1 saturated heterocycles. The van der Waals surface area contributed by atoms with Gasteiger partial charge in [0.05, 0.1) is 5.92 Å². The lowest BCUT2D eigenvalue weighted by atomic mass is 9.94. The lowest BCUT2D eigenvalue weighted by molar-refractivity contribution is -0.119. The first kappa shape index (κ1) is 8.98. The Labute approximate surface area is 88.5 Å². The normalized spacial score (nSPS) is 41.6. The van der Waals surface area contributed by atoms with Gasteiger partial charge in [-0.1, -0.05) is 6.08 Å². The van der Waals surface area contributed by atoms with Crippen LogP contribution in [0, 0.1) is 5.92 Å². The van der Waals surface area contributed by atoms with Crippen LogP contribution in [-0.4, -0.2) is 23.6 Å². The van der Waals surface area contributed by atoms with Gasteiger partial charge in [-0.05, 0) is 29.9 Å². The standard InChI is InChI=1S/C11H15NOS/c13-10-4-3-8-7(10)6-11-9(12-8)2-1-5-14-11/h6-9,12H,1-5H2. The molecule has 3 atom stereocenters. The van der Waals surface area contributed by atoms with E-state index < -0.39 is 0 Å². The minimum atomic E-state index is 0.201. The summed E-state index contributed by atoms with van der Waals surface area (Å²) in [5.74, 6) is 1.88. The zero-order valence-corrected chi connectivity index (χ0v) is 8.98. The predicted molar refractivity (Wildman–Crippen MR) is 58.2 cm³/mol. The second-order valence-electron chi connectivity index (χ2n) is 4.42. The highest BCUT2D eigenvalue weighted by molar-refractivity contribution is 8.03. The number of nitrogens with one attached hydrogen (secondary N) is 1. The molecular formula is C11H15NOS. The quantitative estimate of drug-likeness (QED) is 0.658. The highest BCUT2D eigenvalue weighted by atomic mass is 32.2. The molecule has 76 valence electrons. The molecule has 0 aromatic heterocycles. The largest absolute Gasteiger partial charge is 0.306 e. The topological polar surface area (TPSA) is 29.1 Å². The van der Waals surface area contributed by atoms with Crippen molar-refractivity contribution in [3.05, 3.63) is 11.0 Å². The number of Topliss-reactive ketones (excluding diaryl/α,β-unsaturated/α-hetero) is 1. The monoisotopic (exact) mass is 209 g/mol. The number of rotatable bonds is 0. The van der Waals surface area contributed by atoms with E-state index in [0.29, 0.717) is 17.9 Å². The molecule has 3 rings (SSSR count). The Hall–Kier alpha value is -0.280. The van der Waals surface area contributed by atoms with Gasteiger partial charge in [0.1, 0.15) is 5.78 Å². The van der Waals surface area contributed by atoms with E-state index in [4.69, 9.17) is 0 Å². The fraction of sp³-hybridized carbons (Fsp3) is 0.727. The van der Waals surface area contributed by atoms with E-state index in [-0.39, 0.29) is 5.92 Å². The van der Waals surface area contributed by atoms with Crippen molar-refractivity contribution in [3.63, 3.8) is 0 Å². The van der Waals surface area contributed by atoms with Crippen LogP contribution in [0.1, 0.15) is 25.7 Å². The van der Waals surface area contributed by atoms with E-state index in [0.717, 1.165) is 12.8 Å². The molecule has 0 radical (unpaired) electrons. The third kappa shape index (κ3) is 1.34. The van der Waals surface area contributed by atoms with Crippen molar-refractivity contribution in [2.24, 2.45) is 5.92 Å². The summed E-state index contributed by atoms with van der Waals surface area (Å²) in [6, 6.07) is 1.02. The fourth-order valence-electron chi connectivity index (χ4n) is 2.75. The second kappa shape index (κ2) is 3.38. The van der Waals surface area contributed by atoms with Crippen molar-refractivity contribution in [1.29, 1.82) is 0 Å². The Bertz CT molecular complexity index is 300. The number of carbonyl (C=O) groups is 1. The predicted octanol–water partition coefficient (Wildman–Crippen LogP) is 1.72. The maximum absolute atomic E-state index is 11.6. The summed E-state index contributed by atoms with van der Waals surface area (Å²) in [6.45, 7) is 0. The highest BCUT2D eigenvalue weighted by Crippen LogP contribution is 2.38. The number of thioether (sulfide) groups is 1. The fourth-order valence-corrected chi connectivity index (χ4v) is 3.93. The Kier molecular flexibility index (Phi) is 2.17. The third-order valence-corrected chi connectivity index (χ3v) is 4.76. The Morgan fingerprint density at radius 3 is 3.29 bits per heavy atom. The second-order valence-corrected chi connectivity index (χ2v) is 5.58. The molecular weight excluding hydrogens is 194 g/mol. The Morgan fingerprint density at radius 1 is 1.43 bits per heavy atom. The molecule has 1 N–H and O–H groups in total. The molecule has 0 aromatic carbocycles. The molecule has 3 heteroatoms. The molecule has 3 unspecified atom stereocenters. The SMILES string of the molecule is O=C1CCC2NC3CCCSC3=CC12. The van der Waals surface area contributed by atoms with Gasteiger partial charge in [0.15, 0.2) is 0 Å². The van der Waals surface area contributed by atoms with Gasteiger partial charge >= 0.3 is 0 Å². The minimum absolute atomic E-state index is 0.201. The average molecular weight is 209 g/mol. The van der Waals surface area contributed by atoms with E-state index in [1.165, 1.54) is 23.5 Å². The highest BCUT2D eigenvalue weighted by Gasteiger charge is 2.39. The van der Waals surface area contributed by atoms with Gasteiger partial charge in [-0.25, -0.2) is 0 Å². The molecule has 0 amide bonds. The summed E-state index contributed by atoms with van der Waals surface area (Å²) in [6.07, 6.45) is 6.66. The Balaban J connectivity index is 1.88. The van der Waals surface area contributed by atoms with Gasteiger partial charge in [-0.3, -0.25) is 4.79 Å². The maximum atomic E-state index is 11.6. The van der Waals surface area contributed by atoms with Crippen LogP contribution in [0.25, 0.3) is 0 Å².